The van der Waals surface area contributed by atoms with Crippen molar-refractivity contribution >= 4 is 5.97 Å². The van der Waals surface area contributed by atoms with E-state index in [0.717, 1.165) is 0 Å². The van der Waals surface area contributed by atoms with Gasteiger partial charge >= 0.3 is 5.97 Å². The van der Waals surface area contributed by atoms with Crippen molar-refractivity contribution < 1.29 is 15.0 Å². The fourth-order valence-corrected chi connectivity index (χ4v) is 1.02. The third-order valence-corrected chi connectivity index (χ3v) is 2.11. The second kappa shape index (κ2) is 5.40. The number of carbonyl (C=O) groups is 1. The number of hydrogen-bond donors (Lipinski definition) is 2. The SMILES string of the molecule is C=C/C=C\C=C(/C)C(O)(CC)C(=O)O. The molecule has 0 aliphatic carbocycles. The van der Waals surface area contributed by atoms with Crippen LogP contribution in [0.2, 0.25) is 0 Å². The van der Waals surface area contributed by atoms with Gasteiger partial charge in [0.05, 0.1) is 0 Å². The molecule has 0 spiro atoms. The summed E-state index contributed by atoms with van der Waals surface area (Å²) in [5.41, 5.74) is -1.35. The molecule has 1 atom stereocenters. The van der Waals surface area contributed by atoms with Gasteiger partial charge in [0.2, 0.25) is 0 Å². The van der Waals surface area contributed by atoms with Crippen molar-refractivity contribution in [2.24, 2.45) is 0 Å². The third kappa shape index (κ3) is 2.85. The van der Waals surface area contributed by atoms with Crippen molar-refractivity contribution in [3.63, 3.8) is 0 Å². The highest BCUT2D eigenvalue weighted by atomic mass is 16.4. The molecule has 0 aromatic heterocycles. The van der Waals surface area contributed by atoms with Crippen LogP contribution in [-0.4, -0.2) is 21.8 Å². The van der Waals surface area contributed by atoms with Gasteiger partial charge in [0.15, 0.2) is 5.60 Å². The van der Waals surface area contributed by atoms with E-state index in [1.165, 1.54) is 0 Å². The van der Waals surface area contributed by atoms with E-state index in [9.17, 15) is 9.90 Å². The Kier molecular flexibility index (Phi) is 4.87. The third-order valence-electron chi connectivity index (χ3n) is 2.11. The fourth-order valence-electron chi connectivity index (χ4n) is 1.02. The Balaban J connectivity index is 4.86. The summed E-state index contributed by atoms with van der Waals surface area (Å²) in [6.45, 7) is 6.70. The number of rotatable bonds is 5. The van der Waals surface area contributed by atoms with Crippen LogP contribution in [-0.2, 0) is 4.79 Å². The van der Waals surface area contributed by atoms with Crippen molar-refractivity contribution in [2.75, 3.05) is 0 Å². The van der Waals surface area contributed by atoms with Crippen LogP contribution < -0.4 is 0 Å². The Bertz CT molecular complexity index is 276. The molecular weight excluding hydrogens is 180 g/mol. The Morgan fingerprint density at radius 2 is 2.07 bits per heavy atom. The zero-order valence-corrected chi connectivity index (χ0v) is 8.53. The molecule has 3 heteroatoms. The minimum Gasteiger partial charge on any atom is -0.479 e. The van der Waals surface area contributed by atoms with E-state index in [1.807, 2.05) is 0 Å². The zero-order chi connectivity index (χ0) is 11.2. The molecule has 0 saturated carbocycles. The lowest BCUT2D eigenvalue weighted by atomic mass is 9.92. The maximum Gasteiger partial charge on any atom is 0.340 e. The first-order chi connectivity index (χ1) is 6.49. The van der Waals surface area contributed by atoms with Gasteiger partial charge in [-0.25, -0.2) is 4.79 Å². The number of aliphatic carboxylic acids is 1. The van der Waals surface area contributed by atoms with Crippen LogP contribution >= 0.6 is 0 Å². The molecule has 0 aromatic carbocycles. The summed E-state index contributed by atoms with van der Waals surface area (Å²) in [6.07, 6.45) is 6.61. The van der Waals surface area contributed by atoms with E-state index >= 15 is 0 Å². The van der Waals surface area contributed by atoms with Gasteiger partial charge in [-0.1, -0.05) is 37.8 Å². The summed E-state index contributed by atoms with van der Waals surface area (Å²) < 4.78 is 0. The van der Waals surface area contributed by atoms with Crippen molar-refractivity contribution in [1.82, 2.24) is 0 Å². The first kappa shape index (κ1) is 12.7. The number of allylic oxidation sites excluding steroid dienone is 4. The molecule has 1 unspecified atom stereocenters. The average Bonchev–Trinajstić information content (AvgIpc) is 2.16. The van der Waals surface area contributed by atoms with Gasteiger partial charge in [0, 0.05) is 0 Å². The van der Waals surface area contributed by atoms with Crippen molar-refractivity contribution in [3.8, 4) is 0 Å². The van der Waals surface area contributed by atoms with Gasteiger partial charge < -0.3 is 10.2 Å². The maximum atomic E-state index is 10.8. The molecule has 0 radical (unpaired) electrons. The lowest BCUT2D eigenvalue weighted by molar-refractivity contribution is -0.154. The van der Waals surface area contributed by atoms with E-state index < -0.39 is 11.6 Å². The summed E-state index contributed by atoms with van der Waals surface area (Å²) in [6, 6.07) is 0. The first-order valence-corrected chi connectivity index (χ1v) is 4.41. The highest BCUT2D eigenvalue weighted by molar-refractivity contribution is 5.81. The maximum absolute atomic E-state index is 10.8. The van der Waals surface area contributed by atoms with Gasteiger partial charge in [-0.3, -0.25) is 0 Å². The van der Waals surface area contributed by atoms with Crippen LogP contribution in [0.5, 0.6) is 0 Å². The molecule has 0 aromatic rings. The Morgan fingerprint density at radius 1 is 1.50 bits per heavy atom. The van der Waals surface area contributed by atoms with Gasteiger partial charge in [-0.2, -0.15) is 0 Å². The van der Waals surface area contributed by atoms with E-state index in [4.69, 9.17) is 5.11 Å². The number of carboxylic acid groups (broad SMARTS) is 1. The summed E-state index contributed by atoms with van der Waals surface area (Å²) in [7, 11) is 0. The fraction of sp³-hybridized carbons (Fsp3) is 0.364. The van der Waals surface area contributed by atoms with Crippen LogP contribution in [0.3, 0.4) is 0 Å². The van der Waals surface area contributed by atoms with Crippen LogP contribution in [0.1, 0.15) is 20.3 Å². The normalized spacial score (nSPS) is 16.6. The quantitative estimate of drug-likeness (QED) is 0.660. The molecule has 78 valence electrons. The lowest BCUT2D eigenvalue weighted by Gasteiger charge is -2.22. The van der Waals surface area contributed by atoms with Gasteiger partial charge in [-0.15, -0.1) is 0 Å². The second-order valence-electron chi connectivity index (χ2n) is 2.99. The predicted molar refractivity (Wildman–Crippen MR) is 56.0 cm³/mol. The van der Waals surface area contributed by atoms with Crippen molar-refractivity contribution in [2.45, 2.75) is 25.9 Å². The molecule has 0 aliphatic heterocycles. The molecule has 0 heterocycles. The largest absolute Gasteiger partial charge is 0.479 e. The van der Waals surface area contributed by atoms with Crippen molar-refractivity contribution in [3.05, 3.63) is 36.5 Å². The molecule has 0 rings (SSSR count). The molecule has 0 saturated heterocycles. The second-order valence-corrected chi connectivity index (χ2v) is 2.99. The summed E-state index contributed by atoms with van der Waals surface area (Å²) >= 11 is 0. The smallest absolute Gasteiger partial charge is 0.340 e. The summed E-state index contributed by atoms with van der Waals surface area (Å²) in [4.78, 5) is 10.8. The first-order valence-electron chi connectivity index (χ1n) is 4.41. The number of carboxylic acids is 1. The molecule has 0 aliphatic rings. The molecule has 2 N–H and O–H groups in total. The monoisotopic (exact) mass is 196 g/mol. The molecule has 0 amide bonds. The molecule has 14 heavy (non-hydrogen) atoms. The molecular formula is C11H16O3. The zero-order valence-electron chi connectivity index (χ0n) is 8.53. The Labute approximate surface area is 84.1 Å². The van der Waals surface area contributed by atoms with E-state index in [1.54, 1.807) is 38.2 Å². The minimum atomic E-state index is -1.76. The van der Waals surface area contributed by atoms with E-state index in [-0.39, 0.29) is 6.42 Å². The topological polar surface area (TPSA) is 57.5 Å². The van der Waals surface area contributed by atoms with Gasteiger partial charge in [0.1, 0.15) is 0 Å². The van der Waals surface area contributed by atoms with Crippen LogP contribution in [0.15, 0.2) is 36.5 Å². The lowest BCUT2D eigenvalue weighted by Crippen LogP contribution is -2.38. The predicted octanol–water partition coefficient (Wildman–Crippen LogP) is 1.90. The molecule has 0 bridgehead atoms. The Hall–Kier alpha value is -1.35. The minimum absolute atomic E-state index is 0.145. The van der Waals surface area contributed by atoms with Crippen molar-refractivity contribution in [1.29, 1.82) is 0 Å². The molecule has 0 fully saturated rings. The Morgan fingerprint density at radius 3 is 2.43 bits per heavy atom. The van der Waals surface area contributed by atoms with Crippen LogP contribution in [0.4, 0.5) is 0 Å². The summed E-state index contributed by atoms with van der Waals surface area (Å²) in [5.74, 6) is -1.22. The molecule has 3 nitrogen and oxygen atoms in total. The van der Waals surface area contributed by atoms with Crippen LogP contribution in [0, 0.1) is 0 Å². The van der Waals surface area contributed by atoms with E-state index in [2.05, 4.69) is 6.58 Å². The standard InChI is InChI=1S/C11H16O3/c1-4-6-7-8-9(3)11(14,5-2)10(12)13/h4,6-8,14H,1,5H2,2-3H3,(H,12,13)/b7-6-,9-8+. The van der Waals surface area contributed by atoms with E-state index in [0.29, 0.717) is 5.57 Å². The number of aliphatic hydroxyl groups is 1. The average molecular weight is 196 g/mol. The highest BCUT2D eigenvalue weighted by Crippen LogP contribution is 2.20. The highest BCUT2D eigenvalue weighted by Gasteiger charge is 2.35. The summed E-state index contributed by atoms with van der Waals surface area (Å²) in [5, 5.41) is 18.6. The van der Waals surface area contributed by atoms with Crippen LogP contribution in [0.25, 0.3) is 0 Å². The van der Waals surface area contributed by atoms with Gasteiger partial charge in [-0.05, 0) is 18.9 Å². The number of hydrogen-bond acceptors (Lipinski definition) is 2. The van der Waals surface area contributed by atoms with Gasteiger partial charge in [0.25, 0.3) is 0 Å².